The summed E-state index contributed by atoms with van der Waals surface area (Å²) in [6.45, 7) is 0.244. The molecule has 0 saturated heterocycles. The standard InChI is InChI=1S/C19H15N5O2S/c20-23-18(25)13-6-7-14(21-10-13)11-24-17(12-4-2-1-3-5-12)22-15-8-9-27-16(15)19(24)26/h1-10H,11,20H2,(H,23,25). The summed E-state index contributed by atoms with van der Waals surface area (Å²) in [6.07, 6.45) is 1.43. The van der Waals surface area contributed by atoms with Gasteiger partial charge >= 0.3 is 0 Å². The van der Waals surface area contributed by atoms with Crippen LogP contribution in [0.15, 0.2) is 64.9 Å². The maximum atomic E-state index is 13.0. The largest absolute Gasteiger partial charge is 0.290 e. The number of nitrogens with zero attached hydrogens (tertiary/aromatic N) is 3. The zero-order valence-corrected chi connectivity index (χ0v) is 14.9. The van der Waals surface area contributed by atoms with Crippen LogP contribution < -0.4 is 16.8 Å². The third-order valence-corrected chi connectivity index (χ3v) is 5.03. The van der Waals surface area contributed by atoms with Gasteiger partial charge in [-0.15, -0.1) is 11.3 Å². The number of carbonyl (C=O) groups excluding carboxylic acids is 1. The van der Waals surface area contributed by atoms with E-state index in [0.29, 0.717) is 27.3 Å². The van der Waals surface area contributed by atoms with Crippen LogP contribution in [0.1, 0.15) is 16.1 Å². The number of nitrogens with one attached hydrogen (secondary N) is 1. The molecule has 0 saturated carbocycles. The number of carbonyl (C=O) groups is 1. The second-order valence-electron chi connectivity index (χ2n) is 5.84. The zero-order chi connectivity index (χ0) is 18.8. The number of fused-ring (bicyclic) bond motifs is 1. The molecule has 0 unspecified atom stereocenters. The minimum Gasteiger partial charge on any atom is -0.290 e. The van der Waals surface area contributed by atoms with E-state index in [1.54, 1.807) is 16.7 Å². The van der Waals surface area contributed by atoms with E-state index in [-0.39, 0.29) is 12.1 Å². The van der Waals surface area contributed by atoms with Crippen molar-refractivity contribution >= 4 is 27.5 Å². The minimum atomic E-state index is -0.419. The average Bonchev–Trinajstić information content (AvgIpc) is 3.19. The summed E-state index contributed by atoms with van der Waals surface area (Å²) in [6, 6.07) is 14.7. The SMILES string of the molecule is NNC(=O)c1ccc(Cn2c(-c3ccccc3)nc3ccsc3c2=O)nc1. The number of hydrogen-bond donors (Lipinski definition) is 2. The van der Waals surface area contributed by atoms with Crippen molar-refractivity contribution in [2.45, 2.75) is 6.54 Å². The molecule has 0 aliphatic rings. The smallest absolute Gasteiger partial charge is 0.272 e. The first-order valence-corrected chi connectivity index (χ1v) is 9.04. The molecule has 4 aromatic rings. The molecule has 134 valence electrons. The Morgan fingerprint density at radius 1 is 1.15 bits per heavy atom. The van der Waals surface area contributed by atoms with Gasteiger partial charge in [-0.2, -0.15) is 0 Å². The highest BCUT2D eigenvalue weighted by molar-refractivity contribution is 7.17. The van der Waals surface area contributed by atoms with Crippen LogP contribution in [-0.4, -0.2) is 20.4 Å². The monoisotopic (exact) mass is 377 g/mol. The number of benzene rings is 1. The van der Waals surface area contributed by atoms with E-state index in [4.69, 9.17) is 5.84 Å². The number of nitrogens with two attached hydrogens (primary N) is 1. The van der Waals surface area contributed by atoms with Crippen LogP contribution in [0.3, 0.4) is 0 Å². The van der Waals surface area contributed by atoms with E-state index < -0.39 is 5.91 Å². The minimum absolute atomic E-state index is 0.112. The molecule has 8 heteroatoms. The number of pyridine rings is 1. The fourth-order valence-corrected chi connectivity index (χ4v) is 3.57. The number of amides is 1. The molecular formula is C19H15N5O2S. The molecule has 3 N–H and O–H groups in total. The average molecular weight is 377 g/mol. The molecule has 1 amide bonds. The Morgan fingerprint density at radius 2 is 1.96 bits per heavy atom. The molecule has 1 aromatic carbocycles. The first kappa shape index (κ1) is 17.1. The lowest BCUT2D eigenvalue weighted by Gasteiger charge is -2.12. The van der Waals surface area contributed by atoms with Crippen LogP contribution >= 0.6 is 11.3 Å². The predicted octanol–water partition coefficient (Wildman–Crippen LogP) is 2.17. The fourth-order valence-electron chi connectivity index (χ4n) is 2.80. The van der Waals surface area contributed by atoms with Crippen LogP contribution in [-0.2, 0) is 6.54 Å². The molecule has 27 heavy (non-hydrogen) atoms. The topological polar surface area (TPSA) is 103 Å². The molecule has 3 aromatic heterocycles. The van der Waals surface area contributed by atoms with E-state index in [1.165, 1.54) is 17.5 Å². The van der Waals surface area contributed by atoms with Gasteiger partial charge in [0.25, 0.3) is 11.5 Å². The zero-order valence-electron chi connectivity index (χ0n) is 14.1. The maximum Gasteiger partial charge on any atom is 0.272 e. The molecule has 0 spiro atoms. The van der Waals surface area contributed by atoms with Gasteiger partial charge in [-0.05, 0) is 23.6 Å². The van der Waals surface area contributed by atoms with Gasteiger partial charge in [-0.3, -0.25) is 24.6 Å². The third-order valence-electron chi connectivity index (χ3n) is 4.14. The number of nitrogen functional groups attached to an aromatic ring is 1. The van der Waals surface area contributed by atoms with Crippen LogP contribution in [0.4, 0.5) is 0 Å². The molecule has 3 heterocycles. The van der Waals surface area contributed by atoms with Crippen LogP contribution in [0, 0.1) is 0 Å². The lowest BCUT2D eigenvalue weighted by atomic mass is 10.2. The van der Waals surface area contributed by atoms with E-state index in [2.05, 4.69) is 15.4 Å². The van der Waals surface area contributed by atoms with Gasteiger partial charge in [-0.25, -0.2) is 10.8 Å². The Bertz CT molecular complexity index is 1170. The van der Waals surface area contributed by atoms with Crippen LogP contribution in [0.2, 0.25) is 0 Å². The van der Waals surface area contributed by atoms with Crippen molar-refractivity contribution in [3.8, 4) is 11.4 Å². The Kier molecular flexibility index (Phi) is 4.49. The van der Waals surface area contributed by atoms with E-state index >= 15 is 0 Å². The molecule has 0 fully saturated rings. The maximum absolute atomic E-state index is 13.0. The number of aromatic nitrogens is 3. The summed E-state index contributed by atoms with van der Waals surface area (Å²) in [7, 11) is 0. The molecule has 7 nitrogen and oxygen atoms in total. The van der Waals surface area contributed by atoms with Crippen LogP contribution in [0.25, 0.3) is 21.6 Å². The van der Waals surface area contributed by atoms with Gasteiger partial charge in [0.2, 0.25) is 0 Å². The molecule has 0 bridgehead atoms. The van der Waals surface area contributed by atoms with Gasteiger partial charge in [0.15, 0.2) is 0 Å². The highest BCUT2D eigenvalue weighted by Crippen LogP contribution is 2.22. The van der Waals surface area contributed by atoms with Gasteiger partial charge in [-0.1, -0.05) is 30.3 Å². The number of rotatable bonds is 4. The molecular weight excluding hydrogens is 362 g/mol. The summed E-state index contributed by atoms with van der Waals surface area (Å²) in [5, 5.41) is 1.86. The van der Waals surface area contributed by atoms with Crippen molar-refractivity contribution in [2.24, 2.45) is 5.84 Å². The van der Waals surface area contributed by atoms with Crippen LogP contribution in [0.5, 0.6) is 0 Å². The molecule has 4 rings (SSSR count). The summed E-state index contributed by atoms with van der Waals surface area (Å²) in [5.74, 6) is 5.29. The van der Waals surface area contributed by atoms with Crippen molar-refractivity contribution in [1.82, 2.24) is 20.0 Å². The van der Waals surface area contributed by atoms with E-state index in [1.807, 2.05) is 41.8 Å². The van der Waals surface area contributed by atoms with Crippen molar-refractivity contribution in [2.75, 3.05) is 0 Å². The van der Waals surface area contributed by atoms with Gasteiger partial charge < -0.3 is 0 Å². The Balaban J connectivity index is 1.81. The van der Waals surface area contributed by atoms with Gasteiger partial charge in [0.1, 0.15) is 10.5 Å². The Morgan fingerprint density at radius 3 is 2.67 bits per heavy atom. The third kappa shape index (κ3) is 3.23. The first-order valence-electron chi connectivity index (χ1n) is 8.16. The second kappa shape index (κ2) is 7.10. The van der Waals surface area contributed by atoms with Crippen molar-refractivity contribution < 1.29 is 4.79 Å². The summed E-state index contributed by atoms with van der Waals surface area (Å²) >= 11 is 1.37. The van der Waals surface area contributed by atoms with E-state index in [0.717, 1.165) is 5.56 Å². The fraction of sp³-hybridized carbons (Fsp3) is 0.0526. The first-order chi connectivity index (χ1) is 13.2. The van der Waals surface area contributed by atoms with Crippen molar-refractivity contribution in [1.29, 1.82) is 0 Å². The lowest BCUT2D eigenvalue weighted by Crippen LogP contribution is -2.30. The normalized spacial score (nSPS) is 10.9. The predicted molar refractivity (Wildman–Crippen MR) is 104 cm³/mol. The number of thiophene rings is 1. The van der Waals surface area contributed by atoms with E-state index in [9.17, 15) is 9.59 Å². The molecule has 0 aliphatic carbocycles. The summed E-state index contributed by atoms with van der Waals surface area (Å²) < 4.78 is 2.22. The Labute approximate surface area is 158 Å². The van der Waals surface area contributed by atoms with Gasteiger partial charge in [0.05, 0.1) is 23.3 Å². The number of hydrazine groups is 1. The van der Waals surface area contributed by atoms with Gasteiger partial charge in [0, 0.05) is 11.8 Å². The second-order valence-corrected chi connectivity index (χ2v) is 6.76. The summed E-state index contributed by atoms with van der Waals surface area (Å²) in [4.78, 5) is 33.6. The lowest BCUT2D eigenvalue weighted by molar-refractivity contribution is 0.0953. The molecule has 0 aliphatic heterocycles. The summed E-state index contributed by atoms with van der Waals surface area (Å²) in [5.41, 5.74) is 4.48. The highest BCUT2D eigenvalue weighted by atomic mass is 32.1. The molecule has 0 radical (unpaired) electrons. The highest BCUT2D eigenvalue weighted by Gasteiger charge is 2.15. The number of hydrogen-bond acceptors (Lipinski definition) is 6. The van der Waals surface area contributed by atoms with Crippen molar-refractivity contribution in [3.05, 3.63) is 81.7 Å². The Hall–Kier alpha value is -3.36. The molecule has 0 atom stereocenters. The van der Waals surface area contributed by atoms with Crippen molar-refractivity contribution in [3.63, 3.8) is 0 Å². The quantitative estimate of drug-likeness (QED) is 0.322.